The van der Waals surface area contributed by atoms with Crippen LogP contribution in [0.1, 0.15) is 24.1 Å². The smallest absolute Gasteiger partial charge is 0.128 e. The summed E-state index contributed by atoms with van der Waals surface area (Å²) < 4.78 is 0. The predicted octanol–water partition coefficient (Wildman–Crippen LogP) is 3.39. The van der Waals surface area contributed by atoms with Crippen molar-refractivity contribution in [3.8, 4) is 0 Å². The van der Waals surface area contributed by atoms with Gasteiger partial charge < -0.3 is 10.6 Å². The summed E-state index contributed by atoms with van der Waals surface area (Å²) in [6.45, 7) is 2.67. The number of aromatic nitrogens is 1. The van der Waals surface area contributed by atoms with E-state index in [1.165, 1.54) is 0 Å². The summed E-state index contributed by atoms with van der Waals surface area (Å²) in [4.78, 5) is 6.49. The summed E-state index contributed by atoms with van der Waals surface area (Å²) in [5, 5.41) is 0.779. The van der Waals surface area contributed by atoms with E-state index in [1.807, 2.05) is 56.6 Å². The molecule has 0 amide bonds. The predicted molar refractivity (Wildman–Crippen MR) is 80.4 cm³/mol. The number of hydrogen-bond donors (Lipinski definition) is 1. The van der Waals surface area contributed by atoms with Crippen LogP contribution in [0.3, 0.4) is 0 Å². The molecule has 1 heterocycles. The number of nitrogens with zero attached hydrogens (tertiary/aromatic N) is 2. The van der Waals surface area contributed by atoms with E-state index in [0.29, 0.717) is 0 Å². The zero-order chi connectivity index (χ0) is 13.8. The van der Waals surface area contributed by atoms with Crippen molar-refractivity contribution < 1.29 is 0 Å². The molecule has 1 unspecified atom stereocenters. The number of benzene rings is 1. The number of nitrogens with two attached hydrogens (primary N) is 1. The molecule has 0 saturated carbocycles. The molecule has 0 fully saturated rings. The summed E-state index contributed by atoms with van der Waals surface area (Å²) in [7, 11) is 2.00. The highest BCUT2D eigenvalue weighted by Crippen LogP contribution is 2.20. The second kappa shape index (κ2) is 6.04. The third kappa shape index (κ3) is 3.46. The van der Waals surface area contributed by atoms with Crippen LogP contribution in [0, 0.1) is 0 Å². The number of pyridine rings is 1. The molecule has 2 rings (SSSR count). The van der Waals surface area contributed by atoms with Gasteiger partial charge in [-0.05, 0) is 30.2 Å². The van der Waals surface area contributed by atoms with Crippen LogP contribution in [-0.2, 0) is 6.54 Å². The van der Waals surface area contributed by atoms with Crippen molar-refractivity contribution in [3.05, 3.63) is 58.7 Å². The Bertz CT molecular complexity index is 537. The van der Waals surface area contributed by atoms with Crippen LogP contribution in [-0.4, -0.2) is 12.0 Å². The number of halogens is 1. The second-order valence-electron chi connectivity index (χ2n) is 4.69. The van der Waals surface area contributed by atoms with Crippen molar-refractivity contribution in [2.75, 3.05) is 11.9 Å². The van der Waals surface area contributed by atoms with Crippen molar-refractivity contribution >= 4 is 17.4 Å². The summed E-state index contributed by atoms with van der Waals surface area (Å²) in [5.74, 6) is 0.907. The van der Waals surface area contributed by atoms with Crippen molar-refractivity contribution in [2.24, 2.45) is 5.73 Å². The van der Waals surface area contributed by atoms with Crippen LogP contribution in [0.5, 0.6) is 0 Å². The maximum atomic E-state index is 6.16. The van der Waals surface area contributed by atoms with Gasteiger partial charge in [0.05, 0.1) is 0 Å². The molecule has 2 N–H and O–H groups in total. The van der Waals surface area contributed by atoms with E-state index < -0.39 is 0 Å². The topological polar surface area (TPSA) is 42.1 Å². The Hall–Kier alpha value is -1.58. The van der Waals surface area contributed by atoms with E-state index in [4.69, 9.17) is 17.3 Å². The van der Waals surface area contributed by atoms with Gasteiger partial charge in [-0.1, -0.05) is 35.9 Å². The average Bonchev–Trinajstić information content (AvgIpc) is 2.41. The van der Waals surface area contributed by atoms with Crippen LogP contribution in [0.15, 0.2) is 42.6 Å². The van der Waals surface area contributed by atoms with Crippen molar-refractivity contribution in [2.45, 2.75) is 19.5 Å². The SMILES string of the molecule is CC(N)c1ccc(N(C)Cc2ccccc2Cl)nc1. The lowest BCUT2D eigenvalue weighted by molar-refractivity contribution is 0.807. The minimum absolute atomic E-state index is 0.00965. The fraction of sp³-hybridized carbons (Fsp3) is 0.267. The third-order valence-electron chi connectivity index (χ3n) is 3.05. The summed E-state index contributed by atoms with van der Waals surface area (Å²) in [6.07, 6.45) is 1.82. The minimum Gasteiger partial charge on any atom is -0.355 e. The molecule has 1 aromatic carbocycles. The maximum absolute atomic E-state index is 6.16. The largest absolute Gasteiger partial charge is 0.355 e. The van der Waals surface area contributed by atoms with E-state index in [1.54, 1.807) is 0 Å². The molecule has 0 aliphatic carbocycles. The summed E-state index contributed by atoms with van der Waals surface area (Å²) >= 11 is 6.16. The standard InChI is InChI=1S/C15H18ClN3/c1-11(17)12-7-8-15(18-9-12)19(2)10-13-5-3-4-6-14(13)16/h3-9,11H,10,17H2,1-2H3. The second-order valence-corrected chi connectivity index (χ2v) is 5.09. The molecule has 2 aromatic rings. The number of rotatable bonds is 4. The number of anilines is 1. The van der Waals surface area contributed by atoms with E-state index in [-0.39, 0.29) is 6.04 Å². The van der Waals surface area contributed by atoms with Gasteiger partial charge >= 0.3 is 0 Å². The van der Waals surface area contributed by atoms with Crippen LogP contribution < -0.4 is 10.6 Å². The van der Waals surface area contributed by atoms with Gasteiger partial charge in [-0.25, -0.2) is 4.98 Å². The first-order valence-corrected chi connectivity index (χ1v) is 6.62. The molecule has 0 saturated heterocycles. The Morgan fingerprint density at radius 3 is 2.58 bits per heavy atom. The Labute approximate surface area is 119 Å². The monoisotopic (exact) mass is 275 g/mol. The number of hydrogen-bond acceptors (Lipinski definition) is 3. The molecule has 4 heteroatoms. The molecule has 100 valence electrons. The first kappa shape index (κ1) is 13.8. The van der Waals surface area contributed by atoms with Crippen molar-refractivity contribution in [1.29, 1.82) is 0 Å². The zero-order valence-corrected chi connectivity index (χ0v) is 11.9. The van der Waals surface area contributed by atoms with Gasteiger partial charge in [0.1, 0.15) is 5.82 Å². The van der Waals surface area contributed by atoms with Gasteiger partial charge in [0.25, 0.3) is 0 Å². The van der Waals surface area contributed by atoms with E-state index >= 15 is 0 Å². The van der Waals surface area contributed by atoms with Gasteiger partial charge in [-0.15, -0.1) is 0 Å². The lowest BCUT2D eigenvalue weighted by Crippen LogP contribution is -2.18. The Balaban J connectivity index is 2.12. The Kier molecular flexibility index (Phi) is 4.40. The summed E-state index contributed by atoms with van der Waals surface area (Å²) in [5.41, 5.74) is 7.94. The van der Waals surface area contributed by atoms with Gasteiger partial charge in [-0.2, -0.15) is 0 Å². The molecular weight excluding hydrogens is 258 g/mol. The van der Waals surface area contributed by atoms with Crippen LogP contribution in [0.25, 0.3) is 0 Å². The highest BCUT2D eigenvalue weighted by atomic mass is 35.5. The van der Waals surface area contributed by atoms with Gasteiger partial charge in [0, 0.05) is 30.9 Å². The molecule has 1 aromatic heterocycles. The van der Waals surface area contributed by atoms with E-state index in [2.05, 4.69) is 9.88 Å². The molecular formula is C15H18ClN3. The first-order chi connectivity index (χ1) is 9.08. The van der Waals surface area contributed by atoms with Gasteiger partial charge in [0.15, 0.2) is 0 Å². The Morgan fingerprint density at radius 2 is 2.00 bits per heavy atom. The molecule has 0 spiro atoms. The maximum Gasteiger partial charge on any atom is 0.128 e. The van der Waals surface area contributed by atoms with Crippen LogP contribution >= 0.6 is 11.6 Å². The van der Waals surface area contributed by atoms with Crippen LogP contribution in [0.2, 0.25) is 5.02 Å². The summed E-state index contributed by atoms with van der Waals surface area (Å²) in [6, 6.07) is 11.8. The zero-order valence-electron chi connectivity index (χ0n) is 11.2. The fourth-order valence-electron chi connectivity index (χ4n) is 1.86. The minimum atomic E-state index is 0.00965. The Morgan fingerprint density at radius 1 is 1.26 bits per heavy atom. The van der Waals surface area contributed by atoms with Crippen molar-refractivity contribution in [1.82, 2.24) is 4.98 Å². The first-order valence-electron chi connectivity index (χ1n) is 6.24. The average molecular weight is 276 g/mol. The van der Waals surface area contributed by atoms with Crippen LogP contribution in [0.4, 0.5) is 5.82 Å². The quantitative estimate of drug-likeness (QED) is 0.930. The van der Waals surface area contributed by atoms with Gasteiger partial charge in [-0.3, -0.25) is 0 Å². The highest BCUT2D eigenvalue weighted by Gasteiger charge is 2.07. The lowest BCUT2D eigenvalue weighted by Gasteiger charge is -2.19. The molecule has 0 aliphatic rings. The molecule has 0 aliphatic heterocycles. The van der Waals surface area contributed by atoms with Crippen molar-refractivity contribution in [3.63, 3.8) is 0 Å². The molecule has 19 heavy (non-hydrogen) atoms. The van der Waals surface area contributed by atoms with Gasteiger partial charge in [0.2, 0.25) is 0 Å². The third-order valence-corrected chi connectivity index (χ3v) is 3.42. The van der Waals surface area contributed by atoms with E-state index in [0.717, 1.165) is 28.5 Å². The fourth-order valence-corrected chi connectivity index (χ4v) is 2.05. The highest BCUT2D eigenvalue weighted by molar-refractivity contribution is 6.31. The molecule has 1 atom stereocenters. The normalized spacial score (nSPS) is 12.2. The molecule has 0 bridgehead atoms. The van der Waals surface area contributed by atoms with E-state index in [9.17, 15) is 0 Å². The molecule has 0 radical (unpaired) electrons. The lowest BCUT2D eigenvalue weighted by atomic mass is 10.1. The molecule has 3 nitrogen and oxygen atoms in total.